The summed E-state index contributed by atoms with van der Waals surface area (Å²) in [4.78, 5) is 19.8. The standard InChI is InChI=1S/C19H14F3N3O3S/c1-10(16(26)23-11-6-7-14-15(8-11)28-9-27-14)29-17-12-4-2-3-5-13(12)24-18(25-17)19(20,21)22/h2-8,10H,9H2,1H3,(H,23,26)/t10-/m1/s1. The minimum Gasteiger partial charge on any atom is -0.454 e. The van der Waals surface area contributed by atoms with E-state index in [2.05, 4.69) is 15.3 Å². The number of hydrogen-bond donors (Lipinski definition) is 1. The van der Waals surface area contributed by atoms with Gasteiger partial charge in [-0.15, -0.1) is 0 Å². The summed E-state index contributed by atoms with van der Waals surface area (Å²) in [6.45, 7) is 1.71. The number of nitrogens with zero attached hydrogens (tertiary/aromatic N) is 2. The Morgan fingerprint density at radius 3 is 2.69 bits per heavy atom. The molecule has 0 saturated carbocycles. The van der Waals surface area contributed by atoms with Gasteiger partial charge in [0.15, 0.2) is 11.5 Å². The Balaban J connectivity index is 1.56. The van der Waals surface area contributed by atoms with Gasteiger partial charge in [-0.3, -0.25) is 4.79 Å². The van der Waals surface area contributed by atoms with E-state index in [1.165, 1.54) is 6.07 Å². The largest absolute Gasteiger partial charge is 0.454 e. The van der Waals surface area contributed by atoms with Crippen LogP contribution in [-0.4, -0.2) is 27.9 Å². The summed E-state index contributed by atoms with van der Waals surface area (Å²) in [5.74, 6) is -0.524. The number of fused-ring (bicyclic) bond motifs is 2. The van der Waals surface area contributed by atoms with Crippen molar-refractivity contribution in [3.63, 3.8) is 0 Å². The van der Waals surface area contributed by atoms with Crippen molar-refractivity contribution in [3.8, 4) is 11.5 Å². The van der Waals surface area contributed by atoms with Crippen LogP contribution in [0.1, 0.15) is 12.7 Å². The van der Waals surface area contributed by atoms with Crippen LogP contribution >= 0.6 is 11.8 Å². The number of para-hydroxylation sites is 1. The highest BCUT2D eigenvalue weighted by Crippen LogP contribution is 2.36. The molecule has 0 radical (unpaired) electrons. The van der Waals surface area contributed by atoms with Crippen LogP contribution in [0.25, 0.3) is 10.9 Å². The minimum atomic E-state index is -4.68. The van der Waals surface area contributed by atoms with Gasteiger partial charge in [0, 0.05) is 17.1 Å². The van der Waals surface area contributed by atoms with Crippen LogP contribution in [0.5, 0.6) is 11.5 Å². The van der Waals surface area contributed by atoms with Gasteiger partial charge in [0.05, 0.1) is 10.8 Å². The molecule has 1 amide bonds. The van der Waals surface area contributed by atoms with Crippen molar-refractivity contribution in [2.75, 3.05) is 12.1 Å². The molecular weight excluding hydrogens is 407 g/mol. The number of benzene rings is 2. The Bertz CT molecular complexity index is 1090. The fourth-order valence-corrected chi connectivity index (χ4v) is 3.64. The maximum Gasteiger partial charge on any atom is 0.451 e. The lowest BCUT2D eigenvalue weighted by Crippen LogP contribution is -2.22. The summed E-state index contributed by atoms with van der Waals surface area (Å²) < 4.78 is 49.9. The Hall–Kier alpha value is -3.01. The number of carbonyl (C=O) groups excluding carboxylic acids is 1. The molecule has 1 atom stereocenters. The molecule has 0 bridgehead atoms. The van der Waals surface area contributed by atoms with Gasteiger partial charge in [0.25, 0.3) is 0 Å². The van der Waals surface area contributed by atoms with E-state index in [4.69, 9.17) is 9.47 Å². The zero-order chi connectivity index (χ0) is 20.6. The molecule has 0 aliphatic carbocycles. The molecule has 0 unspecified atom stereocenters. The SMILES string of the molecule is C[C@@H](Sc1nc(C(F)(F)F)nc2ccccc12)C(=O)Nc1ccc2c(c1)OCO2. The molecule has 1 aromatic heterocycles. The minimum absolute atomic E-state index is 0.0938. The van der Waals surface area contributed by atoms with Crippen LogP contribution in [0.3, 0.4) is 0 Å². The number of ether oxygens (including phenoxy) is 2. The van der Waals surface area contributed by atoms with Crippen LogP contribution in [0.2, 0.25) is 0 Å². The normalized spacial score (nSPS) is 14.1. The van der Waals surface area contributed by atoms with Crippen LogP contribution in [0, 0.1) is 0 Å². The van der Waals surface area contributed by atoms with Crippen molar-refractivity contribution in [3.05, 3.63) is 48.3 Å². The lowest BCUT2D eigenvalue weighted by Gasteiger charge is -2.14. The van der Waals surface area contributed by atoms with Crippen molar-refractivity contribution in [1.29, 1.82) is 0 Å². The lowest BCUT2D eigenvalue weighted by atomic mass is 10.2. The summed E-state index contributed by atoms with van der Waals surface area (Å²) in [7, 11) is 0. The quantitative estimate of drug-likeness (QED) is 0.494. The molecule has 29 heavy (non-hydrogen) atoms. The Kier molecular flexibility index (Phi) is 4.95. The van der Waals surface area contributed by atoms with Crippen LogP contribution in [0.15, 0.2) is 47.5 Å². The number of rotatable bonds is 4. The first kappa shape index (κ1) is 19.3. The highest BCUT2D eigenvalue weighted by atomic mass is 32.2. The summed E-state index contributed by atoms with van der Waals surface area (Å²) in [5.41, 5.74) is 0.663. The van der Waals surface area contributed by atoms with Gasteiger partial charge in [-0.2, -0.15) is 13.2 Å². The van der Waals surface area contributed by atoms with Crippen LogP contribution in [-0.2, 0) is 11.0 Å². The number of anilines is 1. The molecule has 3 aromatic rings. The van der Waals surface area contributed by atoms with Crippen molar-refractivity contribution in [2.45, 2.75) is 23.4 Å². The van der Waals surface area contributed by atoms with Crippen LogP contribution in [0.4, 0.5) is 18.9 Å². The van der Waals surface area contributed by atoms with Gasteiger partial charge in [0.1, 0.15) is 5.03 Å². The first-order valence-corrected chi connectivity index (χ1v) is 9.40. The molecule has 2 aromatic carbocycles. The summed E-state index contributed by atoms with van der Waals surface area (Å²) in [6.07, 6.45) is -4.68. The molecule has 4 rings (SSSR count). The van der Waals surface area contributed by atoms with Gasteiger partial charge in [-0.25, -0.2) is 9.97 Å². The average Bonchev–Trinajstić information content (AvgIpc) is 3.15. The number of halogens is 3. The molecule has 2 heterocycles. The third kappa shape index (κ3) is 4.07. The molecular formula is C19H14F3N3O3S. The molecule has 6 nitrogen and oxygen atoms in total. The predicted molar refractivity (Wildman–Crippen MR) is 101 cm³/mol. The van der Waals surface area contributed by atoms with E-state index in [-0.39, 0.29) is 23.2 Å². The molecule has 0 fully saturated rings. The first-order valence-electron chi connectivity index (χ1n) is 8.52. The summed E-state index contributed by atoms with van der Waals surface area (Å²) in [6, 6.07) is 11.3. The maximum absolute atomic E-state index is 13.2. The van der Waals surface area contributed by atoms with Crippen molar-refractivity contribution in [2.24, 2.45) is 0 Å². The Labute approximate surface area is 167 Å². The van der Waals surface area contributed by atoms with E-state index >= 15 is 0 Å². The highest BCUT2D eigenvalue weighted by molar-refractivity contribution is 8.00. The average molecular weight is 421 g/mol. The number of hydrogen-bond acceptors (Lipinski definition) is 6. The second-order valence-corrected chi connectivity index (χ2v) is 7.51. The van der Waals surface area contributed by atoms with Crippen molar-refractivity contribution >= 4 is 34.3 Å². The zero-order valence-electron chi connectivity index (χ0n) is 15.0. The number of thioether (sulfide) groups is 1. The number of carbonyl (C=O) groups is 1. The second kappa shape index (κ2) is 7.43. The fraction of sp³-hybridized carbons (Fsp3) is 0.211. The third-order valence-corrected chi connectivity index (χ3v) is 5.22. The lowest BCUT2D eigenvalue weighted by molar-refractivity contribution is -0.145. The summed E-state index contributed by atoms with van der Waals surface area (Å²) >= 11 is 0.937. The monoisotopic (exact) mass is 421 g/mol. The van der Waals surface area contributed by atoms with Gasteiger partial charge in [-0.05, 0) is 25.1 Å². The highest BCUT2D eigenvalue weighted by Gasteiger charge is 2.36. The Morgan fingerprint density at radius 1 is 1.14 bits per heavy atom. The van der Waals surface area contributed by atoms with E-state index in [0.717, 1.165) is 11.8 Å². The van der Waals surface area contributed by atoms with Crippen molar-refractivity contribution < 1.29 is 27.4 Å². The zero-order valence-corrected chi connectivity index (χ0v) is 15.8. The predicted octanol–water partition coefficient (Wildman–Crippen LogP) is 4.50. The van der Waals surface area contributed by atoms with E-state index in [1.54, 1.807) is 43.3 Å². The van der Waals surface area contributed by atoms with Gasteiger partial charge < -0.3 is 14.8 Å². The smallest absolute Gasteiger partial charge is 0.451 e. The fourth-order valence-electron chi connectivity index (χ4n) is 2.70. The van der Waals surface area contributed by atoms with Crippen molar-refractivity contribution in [1.82, 2.24) is 9.97 Å². The van der Waals surface area contributed by atoms with Gasteiger partial charge in [-0.1, -0.05) is 30.0 Å². The number of nitrogens with one attached hydrogen (secondary N) is 1. The number of aromatic nitrogens is 2. The molecule has 1 aliphatic rings. The van der Waals surface area contributed by atoms with E-state index in [9.17, 15) is 18.0 Å². The van der Waals surface area contributed by atoms with Gasteiger partial charge >= 0.3 is 6.18 Å². The molecule has 1 N–H and O–H groups in total. The molecule has 150 valence electrons. The Morgan fingerprint density at radius 2 is 1.90 bits per heavy atom. The first-order chi connectivity index (χ1) is 13.8. The maximum atomic E-state index is 13.2. The van der Waals surface area contributed by atoms with Crippen LogP contribution < -0.4 is 14.8 Å². The molecule has 0 spiro atoms. The third-order valence-electron chi connectivity index (χ3n) is 4.12. The number of alkyl halides is 3. The second-order valence-electron chi connectivity index (χ2n) is 6.18. The van der Waals surface area contributed by atoms with E-state index in [1.807, 2.05) is 0 Å². The van der Waals surface area contributed by atoms with E-state index in [0.29, 0.717) is 22.6 Å². The molecule has 10 heteroatoms. The van der Waals surface area contributed by atoms with Gasteiger partial charge in [0.2, 0.25) is 18.5 Å². The molecule has 0 saturated heterocycles. The molecule has 1 aliphatic heterocycles. The van der Waals surface area contributed by atoms with E-state index < -0.39 is 17.3 Å². The topological polar surface area (TPSA) is 73.3 Å². The number of amides is 1. The summed E-state index contributed by atoms with van der Waals surface area (Å²) in [5, 5.41) is 2.56.